The van der Waals surface area contributed by atoms with Crippen LogP contribution < -0.4 is 10.5 Å². The van der Waals surface area contributed by atoms with Gasteiger partial charge in [0.15, 0.2) is 6.29 Å². The van der Waals surface area contributed by atoms with Gasteiger partial charge in [0.25, 0.3) is 5.56 Å². The summed E-state index contributed by atoms with van der Waals surface area (Å²) in [6, 6.07) is 9.64. The summed E-state index contributed by atoms with van der Waals surface area (Å²) in [5, 5.41) is 11.1. The summed E-state index contributed by atoms with van der Waals surface area (Å²) >= 11 is 0. The summed E-state index contributed by atoms with van der Waals surface area (Å²) in [6.07, 6.45) is -2.24. The van der Waals surface area contributed by atoms with E-state index in [1.165, 1.54) is 0 Å². The highest BCUT2D eigenvalue weighted by atomic mass is 16.7. The van der Waals surface area contributed by atoms with E-state index in [1.807, 2.05) is 42.3 Å². The van der Waals surface area contributed by atoms with E-state index in [4.69, 9.17) is 14.2 Å². The fourth-order valence-corrected chi connectivity index (χ4v) is 4.47. The summed E-state index contributed by atoms with van der Waals surface area (Å²) in [5.74, 6) is 0.866. The minimum absolute atomic E-state index is 0.169. The first-order valence-corrected chi connectivity index (χ1v) is 9.51. The third-order valence-electron chi connectivity index (χ3n) is 5.85. The van der Waals surface area contributed by atoms with E-state index >= 15 is 0 Å². The van der Waals surface area contributed by atoms with Crippen molar-refractivity contribution in [3.63, 3.8) is 0 Å². The fraction of sp³-hybridized carbons (Fsp3) is 0.500. The summed E-state index contributed by atoms with van der Waals surface area (Å²) in [4.78, 5) is 21.5. The molecule has 148 valence electrons. The molecule has 2 saturated heterocycles. The molecule has 0 radical (unpaired) electrons. The van der Waals surface area contributed by atoms with Crippen LogP contribution in [0.4, 0.5) is 5.82 Å². The van der Waals surface area contributed by atoms with Crippen LogP contribution in [0, 0.1) is 12.8 Å². The number of aromatic amines is 1. The molecule has 2 N–H and O–H groups in total. The molecular weight excluding hydrogens is 362 g/mol. The lowest BCUT2D eigenvalue weighted by Gasteiger charge is -2.52. The average molecular weight is 385 g/mol. The number of fused-ring (bicyclic) bond motifs is 3. The molecule has 0 bridgehead atoms. The Labute approximate surface area is 162 Å². The Hall–Kier alpha value is -2.26. The highest BCUT2D eigenvalue weighted by molar-refractivity contribution is 5.49. The normalized spacial score (nSPS) is 34.3. The Morgan fingerprint density at radius 3 is 2.82 bits per heavy atom. The van der Waals surface area contributed by atoms with E-state index in [2.05, 4.69) is 9.97 Å². The first-order valence-electron chi connectivity index (χ1n) is 9.51. The lowest BCUT2D eigenvalue weighted by atomic mass is 9.82. The smallest absolute Gasteiger partial charge is 0.256 e. The standard InChI is InChI=1S/C20H23N3O5/c1-10-21-17-13(18(25)22-10)8-12-15(24)16-14(27-19(12)23(17)2)9-26-20(28-16)11-6-4-3-5-7-11/h3-7,12,14-16,19-20,24H,8-9H2,1-2H3,(H,21,22,25)/t12-,14+,15-,16-,19+,20?/m0/s1. The van der Waals surface area contributed by atoms with Crippen LogP contribution in [0.5, 0.6) is 0 Å². The quantitative estimate of drug-likeness (QED) is 0.752. The number of anilines is 1. The second-order valence-corrected chi connectivity index (χ2v) is 7.66. The lowest BCUT2D eigenvalue weighted by molar-refractivity contribution is -0.322. The van der Waals surface area contributed by atoms with Crippen LogP contribution in [0.25, 0.3) is 0 Å². The highest BCUT2D eigenvalue weighted by Crippen LogP contribution is 2.41. The first kappa shape index (κ1) is 17.8. The zero-order chi connectivity index (χ0) is 19.4. The molecule has 2 fully saturated rings. The maximum atomic E-state index is 12.4. The molecule has 4 heterocycles. The van der Waals surface area contributed by atoms with Crippen molar-refractivity contribution in [3.8, 4) is 0 Å². The van der Waals surface area contributed by atoms with Gasteiger partial charge in [-0.05, 0) is 13.3 Å². The molecule has 1 aromatic carbocycles. The first-order chi connectivity index (χ1) is 13.5. The number of aryl methyl sites for hydroxylation is 1. The molecule has 8 heteroatoms. The van der Waals surface area contributed by atoms with Gasteiger partial charge in [-0.15, -0.1) is 0 Å². The van der Waals surface area contributed by atoms with Crippen LogP contribution in [0.3, 0.4) is 0 Å². The van der Waals surface area contributed by atoms with Gasteiger partial charge in [0.2, 0.25) is 0 Å². The van der Waals surface area contributed by atoms with Gasteiger partial charge in [0, 0.05) is 18.5 Å². The minimum atomic E-state index is -0.782. The monoisotopic (exact) mass is 385 g/mol. The molecule has 3 aliphatic heterocycles. The lowest BCUT2D eigenvalue weighted by Crippen LogP contribution is -2.64. The van der Waals surface area contributed by atoms with Gasteiger partial charge >= 0.3 is 0 Å². The third kappa shape index (κ3) is 2.76. The molecule has 0 amide bonds. The third-order valence-corrected chi connectivity index (χ3v) is 5.85. The van der Waals surface area contributed by atoms with Crippen LogP contribution in [0.15, 0.2) is 35.1 Å². The summed E-state index contributed by atoms with van der Waals surface area (Å²) in [7, 11) is 1.84. The summed E-state index contributed by atoms with van der Waals surface area (Å²) in [6.45, 7) is 2.08. The molecule has 8 nitrogen and oxygen atoms in total. The zero-order valence-electron chi connectivity index (χ0n) is 15.7. The molecule has 1 unspecified atom stereocenters. The van der Waals surface area contributed by atoms with Gasteiger partial charge in [-0.1, -0.05) is 30.3 Å². The van der Waals surface area contributed by atoms with Gasteiger partial charge < -0.3 is 29.2 Å². The van der Waals surface area contributed by atoms with Crippen LogP contribution in [-0.4, -0.2) is 53.3 Å². The number of nitrogens with one attached hydrogen (secondary N) is 1. The van der Waals surface area contributed by atoms with Crippen molar-refractivity contribution >= 4 is 5.82 Å². The molecule has 3 aliphatic rings. The zero-order valence-corrected chi connectivity index (χ0v) is 15.7. The second-order valence-electron chi connectivity index (χ2n) is 7.66. The summed E-state index contributed by atoms with van der Waals surface area (Å²) in [5.41, 5.74) is 1.30. The number of hydrogen-bond donors (Lipinski definition) is 2. The number of H-pyrrole nitrogens is 1. The summed E-state index contributed by atoms with van der Waals surface area (Å²) < 4.78 is 18.2. The minimum Gasteiger partial charge on any atom is -0.390 e. The Balaban J connectivity index is 1.44. The molecule has 5 rings (SSSR count). The Bertz CT molecular complexity index is 933. The van der Waals surface area contributed by atoms with Crippen LogP contribution in [0.2, 0.25) is 0 Å². The number of ether oxygens (including phenoxy) is 3. The predicted molar refractivity (Wildman–Crippen MR) is 99.9 cm³/mol. The predicted octanol–water partition coefficient (Wildman–Crippen LogP) is 0.887. The average Bonchev–Trinajstić information content (AvgIpc) is 2.70. The van der Waals surface area contributed by atoms with Gasteiger partial charge in [-0.3, -0.25) is 4.79 Å². The number of nitrogens with zero attached hydrogens (tertiary/aromatic N) is 2. The molecule has 1 aromatic heterocycles. The van der Waals surface area contributed by atoms with Crippen LogP contribution in [0.1, 0.15) is 23.2 Å². The molecule has 28 heavy (non-hydrogen) atoms. The number of benzene rings is 1. The molecule has 2 aromatic rings. The van der Waals surface area contributed by atoms with Crippen molar-refractivity contribution in [3.05, 3.63) is 57.6 Å². The van der Waals surface area contributed by atoms with E-state index in [0.29, 0.717) is 30.2 Å². The molecule has 0 spiro atoms. The van der Waals surface area contributed by atoms with Crippen molar-refractivity contribution in [1.29, 1.82) is 0 Å². The maximum absolute atomic E-state index is 12.4. The second kappa shape index (κ2) is 6.66. The molecular formula is C20H23N3O5. The van der Waals surface area contributed by atoms with Gasteiger partial charge in [0.1, 0.15) is 30.1 Å². The van der Waals surface area contributed by atoms with Crippen molar-refractivity contribution in [1.82, 2.24) is 9.97 Å². The van der Waals surface area contributed by atoms with Crippen molar-refractivity contribution < 1.29 is 19.3 Å². The molecule has 0 saturated carbocycles. The highest BCUT2D eigenvalue weighted by Gasteiger charge is 2.52. The number of rotatable bonds is 1. The Morgan fingerprint density at radius 1 is 1.25 bits per heavy atom. The van der Waals surface area contributed by atoms with Gasteiger partial charge in [-0.25, -0.2) is 4.98 Å². The van der Waals surface area contributed by atoms with Crippen LogP contribution >= 0.6 is 0 Å². The van der Waals surface area contributed by atoms with E-state index in [0.717, 1.165) is 5.56 Å². The number of aromatic nitrogens is 2. The Kier molecular flexibility index (Phi) is 4.24. The Morgan fingerprint density at radius 2 is 2.04 bits per heavy atom. The van der Waals surface area contributed by atoms with E-state index < -0.39 is 24.7 Å². The van der Waals surface area contributed by atoms with Gasteiger partial charge in [0.05, 0.1) is 18.3 Å². The fourth-order valence-electron chi connectivity index (χ4n) is 4.47. The topological polar surface area (TPSA) is 96.9 Å². The van der Waals surface area contributed by atoms with Crippen molar-refractivity contribution in [2.24, 2.45) is 5.92 Å². The van der Waals surface area contributed by atoms with Gasteiger partial charge in [-0.2, -0.15) is 0 Å². The number of aliphatic hydroxyl groups is 1. The van der Waals surface area contributed by atoms with E-state index in [9.17, 15) is 9.90 Å². The SMILES string of the molecule is Cc1nc2c(c(=O)[nH]1)C[C@H]1[C@H](O)[C@H]3OC(c4ccccc4)OC[C@H]3O[C@H]1N2C. The van der Waals surface area contributed by atoms with E-state index in [-0.39, 0.29) is 17.6 Å². The van der Waals surface area contributed by atoms with Crippen molar-refractivity contribution in [2.45, 2.75) is 44.2 Å². The molecule has 0 aliphatic carbocycles. The van der Waals surface area contributed by atoms with Crippen LogP contribution in [-0.2, 0) is 20.6 Å². The number of aliphatic hydroxyl groups excluding tert-OH is 1. The van der Waals surface area contributed by atoms with E-state index in [1.54, 1.807) is 6.92 Å². The number of hydrogen-bond acceptors (Lipinski definition) is 7. The van der Waals surface area contributed by atoms with Crippen molar-refractivity contribution in [2.75, 3.05) is 18.6 Å². The maximum Gasteiger partial charge on any atom is 0.256 e. The molecule has 6 atom stereocenters. The largest absolute Gasteiger partial charge is 0.390 e.